The van der Waals surface area contributed by atoms with Crippen molar-refractivity contribution in [2.75, 3.05) is 50.1 Å². The number of benzene rings is 2. The number of fused-ring (bicyclic) bond motifs is 13. The molecule has 14 atom stereocenters. The Kier molecular flexibility index (Phi) is 4.20. The van der Waals surface area contributed by atoms with Crippen molar-refractivity contribution in [1.29, 1.82) is 0 Å². The lowest BCUT2D eigenvalue weighted by Crippen LogP contribution is -2.77. The van der Waals surface area contributed by atoms with E-state index >= 15 is 0 Å². The minimum atomic E-state index is -0.974. The molecule has 2 aromatic carbocycles. The number of rotatable bonds is 0. The highest BCUT2D eigenvalue weighted by atomic mass is 16.3. The molecule has 12 rings (SSSR count). The minimum absolute atomic E-state index is 0.0354. The third-order valence-electron chi connectivity index (χ3n) is 17.2. The van der Waals surface area contributed by atoms with Crippen molar-refractivity contribution in [1.82, 2.24) is 0 Å². The van der Waals surface area contributed by atoms with Gasteiger partial charge in [0.25, 0.3) is 0 Å². The SMILES string of the molecule is C/C=C1\C[N+]2(C)CCC34c5ccccc5N5C6C(C(C1CC32)C54O)N1c2ccccc2C23CC[N+]4(C)C/C(=C\C)C(CC24)C6C13O. The summed E-state index contributed by atoms with van der Waals surface area (Å²) in [5.74, 6) is 0.713. The maximum absolute atomic E-state index is 14.2. The van der Waals surface area contributed by atoms with Crippen molar-refractivity contribution in [3.63, 3.8) is 0 Å². The van der Waals surface area contributed by atoms with Crippen LogP contribution in [0.4, 0.5) is 11.4 Å². The first kappa shape index (κ1) is 26.3. The van der Waals surface area contributed by atoms with E-state index in [0.29, 0.717) is 23.9 Å². The molecule has 2 N–H and O–H groups in total. The lowest BCUT2D eigenvalue weighted by Gasteiger charge is -2.62. The number of allylic oxidation sites excluding steroid dienone is 2. The molecule has 46 heavy (non-hydrogen) atoms. The third kappa shape index (κ3) is 2.14. The van der Waals surface area contributed by atoms with E-state index in [1.807, 2.05) is 0 Å². The molecule has 0 aromatic heterocycles. The van der Waals surface area contributed by atoms with Gasteiger partial charge in [-0.1, -0.05) is 48.6 Å². The molecule has 4 bridgehead atoms. The van der Waals surface area contributed by atoms with Gasteiger partial charge in [-0.2, -0.15) is 0 Å². The molecular weight excluding hydrogens is 568 g/mol. The summed E-state index contributed by atoms with van der Waals surface area (Å²) in [5, 5.41) is 28.4. The fourth-order valence-electron chi connectivity index (χ4n) is 16.1. The summed E-state index contributed by atoms with van der Waals surface area (Å²) in [6.07, 6.45) is 9.18. The number of nitrogens with zero attached hydrogens (tertiary/aromatic N) is 4. The smallest absolute Gasteiger partial charge is 0.159 e. The van der Waals surface area contributed by atoms with Crippen LogP contribution in [-0.4, -0.2) is 95.1 Å². The Bertz CT molecular complexity index is 1740. The molecule has 2 aromatic rings. The molecule has 8 heterocycles. The van der Waals surface area contributed by atoms with Crippen LogP contribution in [0.3, 0.4) is 0 Å². The fourth-order valence-corrected chi connectivity index (χ4v) is 16.1. The molecule has 0 radical (unpaired) electrons. The van der Waals surface area contributed by atoms with E-state index in [-0.39, 0.29) is 34.7 Å². The van der Waals surface area contributed by atoms with Crippen LogP contribution < -0.4 is 9.80 Å². The minimum Gasteiger partial charge on any atom is -0.369 e. The Morgan fingerprint density at radius 2 is 1.09 bits per heavy atom. The van der Waals surface area contributed by atoms with Crippen LogP contribution in [0.5, 0.6) is 0 Å². The van der Waals surface area contributed by atoms with Crippen LogP contribution in [0.15, 0.2) is 71.8 Å². The van der Waals surface area contributed by atoms with Gasteiger partial charge in [-0.15, -0.1) is 0 Å². The predicted molar refractivity (Wildman–Crippen MR) is 178 cm³/mol. The van der Waals surface area contributed by atoms with Gasteiger partial charge in [-0.25, -0.2) is 0 Å². The van der Waals surface area contributed by atoms with Crippen molar-refractivity contribution in [2.45, 2.75) is 86.0 Å². The van der Waals surface area contributed by atoms with Crippen molar-refractivity contribution in [3.8, 4) is 0 Å². The summed E-state index contributed by atoms with van der Waals surface area (Å²) in [6.45, 7) is 8.92. The Balaban J connectivity index is 1.20. The van der Waals surface area contributed by atoms with Gasteiger partial charge in [0.05, 0.1) is 39.3 Å². The molecule has 8 aliphatic heterocycles. The lowest BCUT2D eigenvalue weighted by atomic mass is 9.52. The van der Waals surface area contributed by atoms with Crippen molar-refractivity contribution in [3.05, 3.63) is 83.0 Å². The second kappa shape index (κ2) is 7.34. The summed E-state index contributed by atoms with van der Waals surface area (Å²) in [4.78, 5) is 5.24. The molecule has 14 unspecified atom stereocenters. The Morgan fingerprint density at radius 3 is 1.50 bits per heavy atom. The first-order chi connectivity index (χ1) is 22.2. The molecule has 10 aliphatic rings. The van der Waals surface area contributed by atoms with Gasteiger partial charge in [0.15, 0.2) is 11.4 Å². The molecule has 238 valence electrons. The number of quaternary nitrogens is 2. The molecule has 6 saturated heterocycles. The monoisotopic (exact) mass is 616 g/mol. The van der Waals surface area contributed by atoms with E-state index in [1.165, 1.54) is 22.5 Å². The van der Waals surface area contributed by atoms with E-state index in [4.69, 9.17) is 0 Å². The third-order valence-corrected chi connectivity index (χ3v) is 17.2. The number of likely N-dealkylation sites (N-methyl/N-ethyl adjacent to an activating group) is 2. The van der Waals surface area contributed by atoms with Gasteiger partial charge >= 0.3 is 0 Å². The average Bonchev–Trinajstić information content (AvgIpc) is 3.81. The van der Waals surface area contributed by atoms with E-state index < -0.39 is 11.4 Å². The van der Waals surface area contributed by atoms with Gasteiger partial charge in [0, 0.05) is 60.7 Å². The molecule has 6 nitrogen and oxygen atoms in total. The highest BCUT2D eigenvalue weighted by molar-refractivity contribution is 5.78. The summed E-state index contributed by atoms with van der Waals surface area (Å²) in [7, 11) is 4.97. The van der Waals surface area contributed by atoms with E-state index in [2.05, 4.69) is 98.4 Å². The zero-order valence-electron chi connectivity index (χ0n) is 27.7. The quantitative estimate of drug-likeness (QED) is 0.343. The Morgan fingerprint density at radius 1 is 0.674 bits per heavy atom. The molecule has 2 saturated carbocycles. The van der Waals surface area contributed by atoms with Crippen LogP contribution in [-0.2, 0) is 10.8 Å². The lowest BCUT2D eigenvalue weighted by molar-refractivity contribution is -0.925. The maximum atomic E-state index is 14.2. The first-order valence-corrected chi connectivity index (χ1v) is 18.4. The molecule has 2 spiro atoms. The van der Waals surface area contributed by atoms with Crippen molar-refractivity contribution in [2.24, 2.45) is 23.7 Å². The van der Waals surface area contributed by atoms with Gasteiger partial charge in [0.2, 0.25) is 0 Å². The van der Waals surface area contributed by atoms with Crippen molar-refractivity contribution >= 4 is 11.4 Å². The first-order valence-electron chi connectivity index (χ1n) is 18.4. The zero-order chi connectivity index (χ0) is 31.0. The standard InChI is InChI=1S/C40H48N4O2/c1-5-23-21-43(3)17-15-37-27-11-7-10-14-30(27)42-36-34-26-20-32-38(16-18-44(32,4)22-24(26)6-2)28-12-8-9-13-29(28)41(40(34,38)46)35(36)33(39(37,42)45)25(23)19-31(37)43/h5-14,25-26,31-36,45-46H,15-22H2,1-4H3/q+2/b23-5+,24-6+. The van der Waals surface area contributed by atoms with Crippen LogP contribution in [0.25, 0.3) is 0 Å². The number of piperidine rings is 2. The summed E-state index contributed by atoms with van der Waals surface area (Å²) in [5.41, 5.74) is 5.92. The highest BCUT2D eigenvalue weighted by Crippen LogP contribution is 2.80. The second-order valence-corrected chi connectivity index (χ2v) is 17.9. The van der Waals surface area contributed by atoms with Gasteiger partial charge < -0.3 is 29.0 Å². The van der Waals surface area contributed by atoms with Crippen LogP contribution in [0.1, 0.15) is 50.7 Å². The molecular formula is C40H48N4O2+2. The molecule has 2 aliphatic carbocycles. The summed E-state index contributed by atoms with van der Waals surface area (Å²) < 4.78 is 2.10. The number of aliphatic hydroxyl groups is 2. The maximum Gasteiger partial charge on any atom is 0.159 e. The van der Waals surface area contributed by atoms with Crippen molar-refractivity contribution < 1.29 is 19.2 Å². The van der Waals surface area contributed by atoms with Gasteiger partial charge in [-0.3, -0.25) is 0 Å². The number of hydrogen-bond donors (Lipinski definition) is 2. The summed E-state index contributed by atoms with van der Waals surface area (Å²) in [6, 6.07) is 19.3. The molecule has 0 amide bonds. The summed E-state index contributed by atoms with van der Waals surface area (Å²) >= 11 is 0. The van der Waals surface area contributed by atoms with Crippen LogP contribution in [0.2, 0.25) is 0 Å². The molecule has 8 fully saturated rings. The van der Waals surface area contributed by atoms with E-state index in [0.717, 1.165) is 60.8 Å². The highest BCUT2D eigenvalue weighted by Gasteiger charge is 2.91. The van der Waals surface area contributed by atoms with Gasteiger partial charge in [0.1, 0.15) is 36.0 Å². The van der Waals surface area contributed by atoms with Crippen LogP contribution in [0, 0.1) is 23.7 Å². The number of hydrogen-bond acceptors (Lipinski definition) is 4. The Labute approximate surface area is 272 Å². The largest absolute Gasteiger partial charge is 0.369 e. The Hall–Kier alpha value is -2.64. The van der Waals surface area contributed by atoms with E-state index in [9.17, 15) is 10.2 Å². The van der Waals surface area contributed by atoms with E-state index in [1.54, 1.807) is 11.1 Å². The fraction of sp³-hybridized carbons (Fsp3) is 0.600. The van der Waals surface area contributed by atoms with Crippen LogP contribution >= 0.6 is 0 Å². The molecule has 6 heteroatoms. The number of anilines is 2. The predicted octanol–water partition coefficient (Wildman–Crippen LogP) is 4.27. The number of para-hydroxylation sites is 2. The van der Waals surface area contributed by atoms with Gasteiger partial charge in [-0.05, 0) is 48.3 Å². The zero-order valence-corrected chi connectivity index (χ0v) is 27.7. The normalized spacial score (nSPS) is 56.7. The topological polar surface area (TPSA) is 46.9 Å². The average molecular weight is 617 g/mol. The second-order valence-electron chi connectivity index (χ2n) is 17.9.